The van der Waals surface area contributed by atoms with Crippen LogP contribution in [0.2, 0.25) is 0 Å². The molecule has 11 heteroatoms. The molecule has 222 valence electrons. The van der Waals surface area contributed by atoms with Gasteiger partial charge < -0.3 is 20.3 Å². The smallest absolute Gasteiger partial charge is 0.259 e. The van der Waals surface area contributed by atoms with Crippen LogP contribution in [0, 0.1) is 22.3 Å². The fourth-order valence-electron chi connectivity index (χ4n) is 4.99. The molecule has 1 aliphatic rings. The molecule has 3 aromatic rings. The van der Waals surface area contributed by atoms with Crippen LogP contribution in [0.4, 0.5) is 5.69 Å². The number of amides is 1. The van der Waals surface area contributed by atoms with Crippen LogP contribution in [-0.4, -0.2) is 72.8 Å². The van der Waals surface area contributed by atoms with Gasteiger partial charge in [0.15, 0.2) is 2.12 Å². The van der Waals surface area contributed by atoms with Gasteiger partial charge in [-0.1, -0.05) is 81.8 Å². The van der Waals surface area contributed by atoms with Gasteiger partial charge in [0.2, 0.25) is 0 Å². The largest absolute Gasteiger partial charge is 0.471 e. The monoisotopic (exact) mass is 898 g/mol. The number of benzene rings is 2. The van der Waals surface area contributed by atoms with E-state index in [0.717, 1.165) is 42.9 Å². The molecule has 0 radical (unpaired) electrons. The average Bonchev–Trinajstić information content (AvgIpc) is 3.39. The van der Waals surface area contributed by atoms with Crippen LogP contribution < -0.4 is 10.1 Å². The minimum Gasteiger partial charge on any atom is -0.471 e. The lowest BCUT2D eigenvalue weighted by molar-refractivity contribution is 0.0564. The summed E-state index contributed by atoms with van der Waals surface area (Å²) in [5, 5.41) is 27.0. The maximum Gasteiger partial charge on any atom is 0.259 e. The predicted molar refractivity (Wildman–Crippen MR) is 195 cm³/mol. The normalized spacial score (nSPS) is 15.9. The Morgan fingerprint density at radius 3 is 2.54 bits per heavy atom. The minimum absolute atomic E-state index is 0.00209. The summed E-state index contributed by atoms with van der Waals surface area (Å²) < 4.78 is 21.8. The van der Waals surface area contributed by atoms with Crippen LogP contribution in [-0.2, 0) is 6.54 Å². The van der Waals surface area contributed by atoms with Crippen LogP contribution in [0.3, 0.4) is 0 Å². The van der Waals surface area contributed by atoms with E-state index in [2.05, 4.69) is 41.0 Å². The number of hydrogen-bond donors (Lipinski definition) is 3. The van der Waals surface area contributed by atoms with Crippen molar-refractivity contribution in [3.8, 4) is 11.4 Å². The standard InChI is InChI=1S/C30H37I3N4O4/c1-20-27(17-37(35-20)26-11-8-24(31-2)9-12-26)29(40)34-25-10-7-22(28(14-25)41-30(32-3)33-4)16-36-13-5-6-21(15-36)23(18-38)19-39/h7-12,14,17,21,23,30,38-39H,2-6,13,15-16,18-19H2,1H3,(H,34,40)/t21-/m0/s1. The zero-order valence-electron chi connectivity index (χ0n) is 23.1. The second kappa shape index (κ2) is 15.9. The lowest BCUT2D eigenvalue weighted by Crippen LogP contribution is -2.40. The number of aliphatic hydroxyl groups excluding tert-OH is 2. The Bertz CT molecular complexity index is 1370. The number of carbonyl (C=O) groups excluding carboxylic acids is 1. The van der Waals surface area contributed by atoms with Gasteiger partial charge in [0, 0.05) is 59.3 Å². The Morgan fingerprint density at radius 2 is 1.88 bits per heavy atom. The zero-order chi connectivity index (χ0) is 29.4. The van der Waals surface area contributed by atoms with E-state index in [-0.39, 0.29) is 95.3 Å². The molecule has 1 saturated heterocycles. The molecule has 1 atom stereocenters. The second-order valence-electron chi connectivity index (χ2n) is 9.91. The van der Waals surface area contributed by atoms with Crippen LogP contribution in [0.1, 0.15) is 34.5 Å². The summed E-state index contributed by atoms with van der Waals surface area (Å²) in [6, 6.07) is 14.0. The molecule has 0 spiro atoms. The van der Waals surface area contributed by atoms with Crippen molar-refractivity contribution in [2.45, 2.75) is 28.4 Å². The highest BCUT2D eigenvalue weighted by atomic mass is 127. The van der Waals surface area contributed by atoms with E-state index < -0.39 is 0 Å². The fourth-order valence-corrected chi connectivity index (χ4v) is 8.58. The Balaban J connectivity index is 1.53. The number of anilines is 1. The highest BCUT2D eigenvalue weighted by Crippen LogP contribution is 2.33. The number of alkyl halides is 2. The maximum absolute atomic E-state index is 13.3. The number of aliphatic hydroxyl groups is 2. The van der Waals surface area contributed by atoms with E-state index in [1.807, 2.05) is 37.3 Å². The summed E-state index contributed by atoms with van der Waals surface area (Å²) in [7, 11) is 0. The van der Waals surface area contributed by atoms with Gasteiger partial charge in [-0.15, -0.1) is 0 Å². The Morgan fingerprint density at radius 1 is 1.15 bits per heavy atom. The van der Waals surface area contributed by atoms with Crippen LogP contribution >= 0.6 is 62.2 Å². The molecule has 0 saturated carbocycles. The van der Waals surface area contributed by atoms with Crippen LogP contribution in [0.25, 0.3) is 5.69 Å². The summed E-state index contributed by atoms with van der Waals surface area (Å²) in [6.07, 6.45) is 3.80. The van der Waals surface area contributed by atoms with Crippen molar-refractivity contribution in [2.24, 2.45) is 11.8 Å². The van der Waals surface area contributed by atoms with Gasteiger partial charge in [-0.25, -0.2) is 4.68 Å². The Labute approximate surface area is 271 Å². The van der Waals surface area contributed by atoms with E-state index in [0.29, 0.717) is 23.5 Å². The summed E-state index contributed by atoms with van der Waals surface area (Å²) in [6.45, 7) is 4.31. The van der Waals surface area contributed by atoms with Crippen molar-refractivity contribution >= 4 is 87.3 Å². The lowest BCUT2D eigenvalue weighted by atomic mass is 9.86. The topological polar surface area (TPSA) is 99.9 Å². The molecule has 2 aromatic carbocycles. The molecule has 0 bridgehead atoms. The molecule has 0 aliphatic carbocycles. The van der Waals surface area contributed by atoms with E-state index in [1.54, 1.807) is 10.9 Å². The van der Waals surface area contributed by atoms with E-state index in [4.69, 9.17) is 4.74 Å². The van der Waals surface area contributed by atoms with Crippen molar-refractivity contribution in [2.75, 3.05) is 31.6 Å². The van der Waals surface area contributed by atoms with Gasteiger partial charge in [0.25, 0.3) is 5.91 Å². The molecular formula is C30H37I3N4O4. The van der Waals surface area contributed by atoms with Gasteiger partial charge in [-0.2, -0.15) is 5.10 Å². The first-order valence-electron chi connectivity index (χ1n) is 13.2. The lowest BCUT2D eigenvalue weighted by Gasteiger charge is -2.36. The number of aromatic nitrogens is 2. The molecular weight excluding hydrogens is 861 g/mol. The van der Waals surface area contributed by atoms with Gasteiger partial charge >= 0.3 is 0 Å². The molecule has 41 heavy (non-hydrogen) atoms. The molecule has 4 rings (SSSR count). The number of piperidine rings is 1. The van der Waals surface area contributed by atoms with E-state index in [1.165, 1.54) is 3.57 Å². The number of halogens is 3. The molecule has 1 aliphatic heterocycles. The number of ether oxygens (including phenoxy) is 1. The number of nitrogens with zero attached hydrogens (tertiary/aromatic N) is 3. The fraction of sp³-hybridized carbons (Fsp3) is 0.367. The third kappa shape index (κ3) is 8.59. The molecule has 1 aromatic heterocycles. The molecule has 1 fully saturated rings. The maximum atomic E-state index is 13.3. The summed E-state index contributed by atoms with van der Waals surface area (Å²) in [4.78, 5) is 15.7. The second-order valence-corrected chi connectivity index (χ2v) is 18.3. The highest BCUT2D eigenvalue weighted by Gasteiger charge is 2.27. The van der Waals surface area contributed by atoms with Gasteiger partial charge in [-0.05, 0) is 62.6 Å². The summed E-state index contributed by atoms with van der Waals surface area (Å²) in [5.74, 6) is 0.696. The van der Waals surface area contributed by atoms with Crippen LogP contribution in [0.15, 0.2) is 48.7 Å². The summed E-state index contributed by atoms with van der Waals surface area (Å²) in [5.41, 5.74) is 3.76. The first-order valence-corrected chi connectivity index (χ1v) is 21.4. The number of hydrogen-bond acceptors (Lipinski definition) is 6. The first kappa shape index (κ1) is 32.5. The van der Waals surface area contributed by atoms with Crippen molar-refractivity contribution in [3.05, 3.63) is 69.1 Å². The quantitative estimate of drug-likeness (QED) is 0.160. The van der Waals surface area contributed by atoms with Crippen molar-refractivity contribution < 1.29 is 19.7 Å². The van der Waals surface area contributed by atoms with Crippen molar-refractivity contribution in [1.82, 2.24) is 14.7 Å². The third-order valence-electron chi connectivity index (χ3n) is 7.24. The van der Waals surface area contributed by atoms with Gasteiger partial charge in [-0.3, -0.25) is 9.69 Å². The third-order valence-corrected chi connectivity index (χ3v) is 15.2. The number of rotatable bonds is 13. The van der Waals surface area contributed by atoms with E-state index >= 15 is 0 Å². The molecule has 8 nitrogen and oxygen atoms in total. The number of nitrogens with one attached hydrogen (secondary N) is 1. The molecule has 3 N–H and O–H groups in total. The minimum atomic E-state index is -0.386. The van der Waals surface area contributed by atoms with Crippen molar-refractivity contribution in [1.29, 1.82) is 0 Å². The SMILES string of the molecule is C=Ic1ccc(-n2cc(C(=O)Nc3ccc(CN4CCC[C@H](C(CO)CO)C4)c(OC(I=C)I=C)c3)c(C)n2)cc1. The molecule has 0 unspecified atom stereocenters. The number of carbonyl (C=O) groups is 1. The number of aryl methyl sites for hydroxylation is 1. The zero-order valence-corrected chi connectivity index (χ0v) is 29.6. The first-order chi connectivity index (χ1) is 19.9. The van der Waals surface area contributed by atoms with E-state index in [9.17, 15) is 15.0 Å². The van der Waals surface area contributed by atoms with Crippen LogP contribution in [0.5, 0.6) is 5.75 Å². The molecule has 2 heterocycles. The Kier molecular flexibility index (Phi) is 12.6. The number of likely N-dealkylation sites (tertiary alicyclic amines) is 1. The average molecular weight is 898 g/mol. The summed E-state index contributed by atoms with van der Waals surface area (Å²) >= 11 is -0.990. The van der Waals surface area contributed by atoms with Gasteiger partial charge in [0.1, 0.15) is 5.75 Å². The molecule has 1 amide bonds. The van der Waals surface area contributed by atoms with Gasteiger partial charge in [0.05, 0.1) is 16.9 Å². The highest BCUT2D eigenvalue weighted by molar-refractivity contribution is 14.3. The van der Waals surface area contributed by atoms with Crippen molar-refractivity contribution in [3.63, 3.8) is 0 Å². The predicted octanol–water partition coefficient (Wildman–Crippen LogP) is 5.29. The Hall–Kier alpha value is -1.40.